The van der Waals surface area contributed by atoms with Crippen LogP contribution in [0.15, 0.2) is 18.2 Å². The van der Waals surface area contributed by atoms with Crippen molar-refractivity contribution in [3.05, 3.63) is 23.8 Å². The van der Waals surface area contributed by atoms with E-state index in [1.165, 1.54) is 0 Å². The van der Waals surface area contributed by atoms with Crippen molar-refractivity contribution in [2.45, 2.75) is 6.42 Å². The quantitative estimate of drug-likeness (QED) is 0.920. The summed E-state index contributed by atoms with van der Waals surface area (Å²) < 4.78 is 10.7. The number of carbonyl (C=O) groups excluding carboxylic acids is 1. The van der Waals surface area contributed by atoms with E-state index in [1.807, 2.05) is 23.1 Å². The molecule has 1 amide bonds. The van der Waals surface area contributed by atoms with Gasteiger partial charge in [-0.2, -0.15) is 0 Å². The molecule has 0 spiro atoms. The first-order valence-electron chi connectivity index (χ1n) is 7.45. The van der Waals surface area contributed by atoms with Crippen LogP contribution < -0.4 is 14.8 Å². The Labute approximate surface area is 137 Å². The number of benzene rings is 1. The fourth-order valence-electron chi connectivity index (χ4n) is 3.45. The van der Waals surface area contributed by atoms with Gasteiger partial charge in [0.15, 0.2) is 11.5 Å². The largest absolute Gasteiger partial charge is 0.493 e. The SMILES string of the molecule is COc1cccc(C(=O)N2CCC3CNCC3C2)c1OC.Cl. The minimum Gasteiger partial charge on any atom is -0.493 e. The van der Waals surface area contributed by atoms with Gasteiger partial charge in [-0.1, -0.05) is 6.07 Å². The number of amides is 1. The summed E-state index contributed by atoms with van der Waals surface area (Å²) in [6, 6.07) is 5.45. The highest BCUT2D eigenvalue weighted by Gasteiger charge is 2.35. The molecule has 22 heavy (non-hydrogen) atoms. The summed E-state index contributed by atoms with van der Waals surface area (Å²) in [6.07, 6.45) is 1.08. The maximum absolute atomic E-state index is 12.8. The molecule has 0 saturated carbocycles. The summed E-state index contributed by atoms with van der Waals surface area (Å²) in [6.45, 7) is 3.76. The summed E-state index contributed by atoms with van der Waals surface area (Å²) >= 11 is 0. The number of fused-ring (bicyclic) bond motifs is 1. The van der Waals surface area contributed by atoms with Crippen LogP contribution in [0.3, 0.4) is 0 Å². The van der Waals surface area contributed by atoms with Gasteiger partial charge in [-0.25, -0.2) is 0 Å². The molecule has 2 saturated heterocycles. The molecule has 1 aromatic rings. The molecule has 3 rings (SSSR count). The third-order valence-electron chi connectivity index (χ3n) is 4.62. The van der Waals surface area contributed by atoms with Crippen LogP contribution in [0, 0.1) is 11.8 Å². The van der Waals surface area contributed by atoms with Crippen LogP contribution in [0.1, 0.15) is 16.8 Å². The van der Waals surface area contributed by atoms with Crippen molar-refractivity contribution in [3.8, 4) is 11.5 Å². The van der Waals surface area contributed by atoms with E-state index in [0.29, 0.717) is 23.0 Å². The van der Waals surface area contributed by atoms with Gasteiger partial charge in [0.25, 0.3) is 5.91 Å². The van der Waals surface area contributed by atoms with Crippen molar-refractivity contribution >= 4 is 18.3 Å². The van der Waals surface area contributed by atoms with Crippen molar-refractivity contribution in [2.75, 3.05) is 40.4 Å². The molecule has 6 heteroatoms. The minimum absolute atomic E-state index is 0. The summed E-state index contributed by atoms with van der Waals surface area (Å²) in [5.74, 6) is 2.47. The van der Waals surface area contributed by atoms with Gasteiger partial charge in [-0.15, -0.1) is 12.4 Å². The Bertz CT molecular complexity index is 538. The molecule has 2 fully saturated rings. The van der Waals surface area contributed by atoms with Crippen LogP contribution >= 0.6 is 12.4 Å². The Kier molecular flexibility index (Phi) is 5.53. The van der Waals surface area contributed by atoms with Crippen LogP contribution in [-0.4, -0.2) is 51.2 Å². The molecular formula is C16H23ClN2O3. The number of ether oxygens (including phenoxy) is 2. The van der Waals surface area contributed by atoms with Gasteiger partial charge in [0.1, 0.15) is 0 Å². The van der Waals surface area contributed by atoms with Crippen LogP contribution in [0.25, 0.3) is 0 Å². The lowest BCUT2D eigenvalue weighted by atomic mass is 9.88. The summed E-state index contributed by atoms with van der Waals surface area (Å²) in [5, 5.41) is 3.42. The number of nitrogens with one attached hydrogen (secondary N) is 1. The zero-order chi connectivity index (χ0) is 14.8. The van der Waals surface area contributed by atoms with E-state index in [9.17, 15) is 4.79 Å². The van der Waals surface area contributed by atoms with E-state index >= 15 is 0 Å². The number of rotatable bonds is 3. The highest BCUT2D eigenvalue weighted by atomic mass is 35.5. The van der Waals surface area contributed by atoms with Crippen molar-refractivity contribution in [1.29, 1.82) is 0 Å². The topological polar surface area (TPSA) is 50.8 Å². The molecular weight excluding hydrogens is 304 g/mol. The minimum atomic E-state index is 0. The van der Waals surface area contributed by atoms with Gasteiger partial charge >= 0.3 is 0 Å². The van der Waals surface area contributed by atoms with Crippen LogP contribution in [0.5, 0.6) is 11.5 Å². The second-order valence-electron chi connectivity index (χ2n) is 5.76. The molecule has 2 aliphatic rings. The number of halogens is 1. The average Bonchev–Trinajstić information content (AvgIpc) is 3.00. The number of methoxy groups -OCH3 is 2. The van der Waals surface area contributed by atoms with Crippen molar-refractivity contribution in [2.24, 2.45) is 11.8 Å². The Morgan fingerprint density at radius 3 is 2.73 bits per heavy atom. The number of para-hydroxylation sites is 1. The first-order valence-corrected chi connectivity index (χ1v) is 7.45. The van der Waals surface area contributed by atoms with Crippen LogP contribution in [0.2, 0.25) is 0 Å². The molecule has 1 N–H and O–H groups in total. The highest BCUT2D eigenvalue weighted by molar-refractivity contribution is 5.97. The predicted molar refractivity (Wildman–Crippen MR) is 87.2 cm³/mol. The molecule has 2 heterocycles. The summed E-state index contributed by atoms with van der Waals surface area (Å²) in [4.78, 5) is 14.8. The lowest BCUT2D eigenvalue weighted by molar-refractivity contribution is 0.0638. The molecule has 5 nitrogen and oxygen atoms in total. The van der Waals surface area contributed by atoms with Gasteiger partial charge in [0.2, 0.25) is 0 Å². The zero-order valence-corrected chi connectivity index (χ0v) is 13.8. The molecule has 2 aliphatic heterocycles. The molecule has 0 aliphatic carbocycles. The number of piperidine rings is 1. The van der Waals surface area contributed by atoms with E-state index in [4.69, 9.17) is 9.47 Å². The van der Waals surface area contributed by atoms with Crippen LogP contribution in [-0.2, 0) is 0 Å². The van der Waals surface area contributed by atoms with Gasteiger partial charge in [0.05, 0.1) is 19.8 Å². The Morgan fingerprint density at radius 2 is 2.00 bits per heavy atom. The van der Waals surface area contributed by atoms with Crippen molar-refractivity contribution < 1.29 is 14.3 Å². The van der Waals surface area contributed by atoms with Crippen LogP contribution in [0.4, 0.5) is 0 Å². The smallest absolute Gasteiger partial charge is 0.257 e. The van der Waals surface area contributed by atoms with Gasteiger partial charge in [-0.3, -0.25) is 4.79 Å². The lowest BCUT2D eigenvalue weighted by Crippen LogP contribution is -2.43. The molecule has 2 unspecified atom stereocenters. The highest BCUT2D eigenvalue weighted by Crippen LogP contribution is 2.33. The van der Waals surface area contributed by atoms with E-state index in [-0.39, 0.29) is 18.3 Å². The number of hydrogen-bond donors (Lipinski definition) is 1. The first kappa shape index (κ1) is 16.9. The summed E-state index contributed by atoms with van der Waals surface area (Å²) in [5.41, 5.74) is 0.584. The molecule has 122 valence electrons. The lowest BCUT2D eigenvalue weighted by Gasteiger charge is -2.34. The fourth-order valence-corrected chi connectivity index (χ4v) is 3.45. The predicted octanol–water partition coefficient (Wildman–Crippen LogP) is 1.81. The Hall–Kier alpha value is -1.46. The third kappa shape index (κ3) is 3.01. The van der Waals surface area contributed by atoms with Crippen molar-refractivity contribution in [1.82, 2.24) is 10.2 Å². The molecule has 0 aromatic heterocycles. The summed E-state index contributed by atoms with van der Waals surface area (Å²) in [7, 11) is 3.16. The average molecular weight is 327 g/mol. The normalized spacial score (nSPS) is 23.5. The second-order valence-corrected chi connectivity index (χ2v) is 5.76. The second kappa shape index (κ2) is 7.20. The maximum Gasteiger partial charge on any atom is 0.257 e. The van der Waals surface area contributed by atoms with Gasteiger partial charge < -0.3 is 19.7 Å². The number of nitrogens with zero attached hydrogens (tertiary/aromatic N) is 1. The number of carbonyl (C=O) groups is 1. The fraction of sp³-hybridized carbons (Fsp3) is 0.562. The number of hydrogen-bond acceptors (Lipinski definition) is 4. The van der Waals surface area contributed by atoms with E-state index in [1.54, 1.807) is 14.2 Å². The molecule has 0 radical (unpaired) electrons. The maximum atomic E-state index is 12.8. The third-order valence-corrected chi connectivity index (χ3v) is 4.62. The zero-order valence-electron chi connectivity index (χ0n) is 13.0. The standard InChI is InChI=1S/C16H22N2O3.ClH/c1-20-14-5-3-4-13(15(14)21-2)16(19)18-7-6-11-8-17-9-12(11)10-18;/h3-5,11-12,17H,6-10H2,1-2H3;1H. The number of likely N-dealkylation sites (tertiary alicyclic amines) is 1. The Morgan fingerprint density at radius 1 is 1.23 bits per heavy atom. The molecule has 2 atom stereocenters. The van der Waals surface area contributed by atoms with Gasteiger partial charge in [0, 0.05) is 13.1 Å². The Balaban J connectivity index is 0.00000176. The first-order chi connectivity index (χ1) is 10.2. The van der Waals surface area contributed by atoms with Crippen molar-refractivity contribution in [3.63, 3.8) is 0 Å². The monoisotopic (exact) mass is 326 g/mol. The van der Waals surface area contributed by atoms with Gasteiger partial charge in [-0.05, 0) is 43.5 Å². The van der Waals surface area contributed by atoms with E-state index in [0.717, 1.165) is 38.5 Å². The molecule has 0 bridgehead atoms. The molecule has 1 aromatic carbocycles. The van der Waals surface area contributed by atoms with E-state index < -0.39 is 0 Å². The van der Waals surface area contributed by atoms with E-state index in [2.05, 4.69) is 5.32 Å².